The number of carbonyl (C=O) groups is 1. The largest absolute Gasteiger partial charge is 0.322 e. The molecule has 1 amide bonds. The molecule has 1 heterocycles. The van der Waals surface area contributed by atoms with E-state index in [-0.39, 0.29) is 29.2 Å². The SMILES string of the molecule is Cc1ccc(NC(=O)Cn2c(SC(F)F)nc3ccccc32)c(F)c1. The highest BCUT2D eigenvalue weighted by Gasteiger charge is 2.18. The van der Waals surface area contributed by atoms with E-state index in [9.17, 15) is 18.0 Å². The molecule has 0 saturated carbocycles. The second kappa shape index (κ2) is 7.18. The van der Waals surface area contributed by atoms with Crippen molar-refractivity contribution in [3.63, 3.8) is 0 Å². The van der Waals surface area contributed by atoms with Crippen molar-refractivity contribution in [1.82, 2.24) is 9.55 Å². The Kier molecular flexibility index (Phi) is 4.98. The molecule has 0 spiro atoms. The Morgan fingerprint density at radius 3 is 2.76 bits per heavy atom. The average Bonchev–Trinajstić information content (AvgIpc) is 2.87. The number of aryl methyl sites for hydroxylation is 1. The molecule has 3 aromatic rings. The van der Waals surface area contributed by atoms with Crippen molar-refractivity contribution in [2.45, 2.75) is 24.4 Å². The Balaban J connectivity index is 1.87. The number of halogens is 3. The highest BCUT2D eigenvalue weighted by Crippen LogP contribution is 2.28. The van der Waals surface area contributed by atoms with Gasteiger partial charge in [-0.2, -0.15) is 8.78 Å². The number of carbonyl (C=O) groups excluding carboxylic acids is 1. The number of imidazole rings is 1. The second-order valence-electron chi connectivity index (χ2n) is 5.38. The number of benzene rings is 2. The van der Waals surface area contributed by atoms with Gasteiger partial charge in [-0.25, -0.2) is 9.37 Å². The third-order valence-corrected chi connectivity index (χ3v) is 4.22. The number of aromatic nitrogens is 2. The number of alkyl halides is 2. The summed E-state index contributed by atoms with van der Waals surface area (Å²) in [6.07, 6.45) is 0. The van der Waals surface area contributed by atoms with Crippen LogP contribution in [0, 0.1) is 12.7 Å². The predicted molar refractivity (Wildman–Crippen MR) is 91.4 cm³/mol. The topological polar surface area (TPSA) is 46.9 Å². The van der Waals surface area contributed by atoms with Crippen LogP contribution in [0.25, 0.3) is 11.0 Å². The van der Waals surface area contributed by atoms with Crippen LogP contribution >= 0.6 is 11.8 Å². The van der Waals surface area contributed by atoms with Crippen molar-refractivity contribution in [2.75, 3.05) is 5.32 Å². The molecule has 0 atom stereocenters. The molecule has 0 aliphatic heterocycles. The minimum atomic E-state index is -2.66. The maximum atomic E-state index is 13.9. The zero-order chi connectivity index (χ0) is 18.0. The summed E-state index contributed by atoms with van der Waals surface area (Å²) >= 11 is 0.269. The lowest BCUT2D eigenvalue weighted by molar-refractivity contribution is -0.116. The number of anilines is 1. The van der Waals surface area contributed by atoms with E-state index in [1.54, 1.807) is 37.3 Å². The van der Waals surface area contributed by atoms with Crippen LogP contribution in [-0.4, -0.2) is 21.2 Å². The van der Waals surface area contributed by atoms with Crippen molar-refractivity contribution in [1.29, 1.82) is 0 Å². The van der Waals surface area contributed by atoms with E-state index in [0.29, 0.717) is 11.0 Å². The minimum absolute atomic E-state index is 0.0377. The molecule has 0 aliphatic rings. The first-order valence-corrected chi connectivity index (χ1v) is 8.28. The van der Waals surface area contributed by atoms with Crippen LogP contribution < -0.4 is 5.32 Å². The Hall–Kier alpha value is -2.48. The first kappa shape index (κ1) is 17.3. The standard InChI is InChI=1S/C17H14F3N3OS/c1-10-6-7-12(11(18)8-10)21-15(24)9-23-14-5-3-2-4-13(14)22-17(23)25-16(19)20/h2-8,16H,9H2,1H3,(H,21,24). The molecule has 0 aliphatic carbocycles. The van der Waals surface area contributed by atoms with Crippen molar-refractivity contribution in [3.8, 4) is 0 Å². The molecule has 1 N–H and O–H groups in total. The van der Waals surface area contributed by atoms with Gasteiger partial charge < -0.3 is 9.88 Å². The van der Waals surface area contributed by atoms with Gasteiger partial charge in [0, 0.05) is 0 Å². The number of para-hydroxylation sites is 2. The van der Waals surface area contributed by atoms with Crippen LogP contribution in [-0.2, 0) is 11.3 Å². The Morgan fingerprint density at radius 1 is 1.28 bits per heavy atom. The van der Waals surface area contributed by atoms with Gasteiger partial charge >= 0.3 is 0 Å². The summed E-state index contributed by atoms with van der Waals surface area (Å²) in [5.41, 5.74) is 1.85. The highest BCUT2D eigenvalue weighted by molar-refractivity contribution is 7.99. The van der Waals surface area contributed by atoms with Crippen molar-refractivity contribution >= 4 is 34.4 Å². The second-order valence-corrected chi connectivity index (χ2v) is 6.34. The van der Waals surface area contributed by atoms with Crippen molar-refractivity contribution in [2.24, 2.45) is 0 Å². The highest BCUT2D eigenvalue weighted by atomic mass is 32.2. The Bertz CT molecular complexity index is 927. The molecule has 3 rings (SSSR count). The molecule has 130 valence electrons. The van der Waals surface area contributed by atoms with Crippen molar-refractivity contribution < 1.29 is 18.0 Å². The summed E-state index contributed by atoms with van der Waals surface area (Å²) in [4.78, 5) is 16.4. The van der Waals surface area contributed by atoms with Gasteiger partial charge in [-0.15, -0.1) is 0 Å². The van der Waals surface area contributed by atoms with Crippen LogP contribution in [0.1, 0.15) is 5.56 Å². The lowest BCUT2D eigenvalue weighted by Gasteiger charge is -2.10. The smallest absolute Gasteiger partial charge is 0.291 e. The molecule has 4 nitrogen and oxygen atoms in total. The fourth-order valence-electron chi connectivity index (χ4n) is 2.43. The lowest BCUT2D eigenvalue weighted by Crippen LogP contribution is -2.20. The van der Waals surface area contributed by atoms with Crippen LogP contribution in [0.2, 0.25) is 0 Å². The van der Waals surface area contributed by atoms with Gasteiger partial charge in [-0.1, -0.05) is 18.2 Å². The van der Waals surface area contributed by atoms with Gasteiger partial charge in [0.15, 0.2) is 5.16 Å². The zero-order valence-electron chi connectivity index (χ0n) is 13.2. The molecule has 0 bridgehead atoms. The van der Waals surface area contributed by atoms with E-state index in [2.05, 4.69) is 10.3 Å². The van der Waals surface area contributed by atoms with E-state index in [1.165, 1.54) is 16.7 Å². The summed E-state index contributed by atoms with van der Waals surface area (Å²) in [7, 11) is 0. The molecule has 0 radical (unpaired) electrons. The summed E-state index contributed by atoms with van der Waals surface area (Å²) < 4.78 is 40.8. The summed E-state index contributed by atoms with van der Waals surface area (Å²) in [6, 6.07) is 11.3. The third kappa shape index (κ3) is 3.96. The van der Waals surface area contributed by atoms with E-state index in [0.717, 1.165) is 5.56 Å². The summed E-state index contributed by atoms with van der Waals surface area (Å²) in [5.74, 6) is -3.73. The Labute approximate surface area is 146 Å². The van der Waals surface area contributed by atoms with Crippen LogP contribution in [0.15, 0.2) is 47.6 Å². The van der Waals surface area contributed by atoms with Gasteiger partial charge in [0.2, 0.25) is 5.91 Å². The summed E-state index contributed by atoms with van der Waals surface area (Å²) in [5, 5.41) is 2.50. The van der Waals surface area contributed by atoms with Gasteiger partial charge in [-0.05, 0) is 48.5 Å². The van der Waals surface area contributed by atoms with Crippen molar-refractivity contribution in [3.05, 3.63) is 53.8 Å². The van der Waals surface area contributed by atoms with E-state index in [4.69, 9.17) is 0 Å². The maximum absolute atomic E-state index is 13.9. The molecule has 1 aromatic heterocycles. The number of rotatable bonds is 5. The van der Waals surface area contributed by atoms with Gasteiger partial charge in [-0.3, -0.25) is 4.79 Å². The lowest BCUT2D eigenvalue weighted by atomic mass is 10.2. The molecular formula is C17H14F3N3OS. The number of nitrogens with one attached hydrogen (secondary N) is 1. The van der Waals surface area contributed by atoms with Crippen LogP contribution in [0.5, 0.6) is 0 Å². The third-order valence-electron chi connectivity index (χ3n) is 3.51. The maximum Gasteiger partial charge on any atom is 0.291 e. The normalized spacial score (nSPS) is 11.2. The number of hydrogen-bond donors (Lipinski definition) is 1. The summed E-state index contributed by atoms with van der Waals surface area (Å²) in [6.45, 7) is 1.49. The number of hydrogen-bond acceptors (Lipinski definition) is 3. The fraction of sp³-hybridized carbons (Fsp3) is 0.176. The Morgan fingerprint density at radius 2 is 2.04 bits per heavy atom. The molecule has 8 heteroatoms. The first-order chi connectivity index (χ1) is 11.9. The molecular weight excluding hydrogens is 351 g/mol. The number of fused-ring (bicyclic) bond motifs is 1. The quantitative estimate of drug-likeness (QED) is 0.680. The molecule has 2 aromatic carbocycles. The number of thioether (sulfide) groups is 1. The fourth-order valence-corrected chi connectivity index (χ4v) is 3.03. The first-order valence-electron chi connectivity index (χ1n) is 7.40. The van der Waals surface area contributed by atoms with Gasteiger partial charge in [0.1, 0.15) is 12.4 Å². The molecule has 0 unspecified atom stereocenters. The minimum Gasteiger partial charge on any atom is -0.322 e. The van der Waals surface area contributed by atoms with E-state index < -0.39 is 17.5 Å². The number of nitrogens with zero attached hydrogens (tertiary/aromatic N) is 2. The number of amides is 1. The van der Waals surface area contributed by atoms with E-state index >= 15 is 0 Å². The molecule has 0 saturated heterocycles. The molecule has 25 heavy (non-hydrogen) atoms. The van der Waals surface area contributed by atoms with Gasteiger partial charge in [0.05, 0.1) is 16.7 Å². The van der Waals surface area contributed by atoms with Crippen LogP contribution in [0.4, 0.5) is 18.9 Å². The van der Waals surface area contributed by atoms with E-state index in [1.807, 2.05) is 0 Å². The predicted octanol–water partition coefficient (Wildman–Crippen LogP) is 4.44. The zero-order valence-corrected chi connectivity index (χ0v) is 14.0. The average molecular weight is 365 g/mol. The molecule has 0 fully saturated rings. The van der Waals surface area contributed by atoms with Crippen LogP contribution in [0.3, 0.4) is 0 Å². The van der Waals surface area contributed by atoms with Gasteiger partial charge in [0.25, 0.3) is 5.76 Å². The monoisotopic (exact) mass is 365 g/mol.